The Kier molecular flexibility index (Phi) is 4.33. The van der Waals surface area contributed by atoms with Crippen molar-refractivity contribution in [3.63, 3.8) is 0 Å². The first kappa shape index (κ1) is 13.1. The Morgan fingerprint density at radius 3 is 3.06 bits per heavy atom. The Labute approximate surface area is 110 Å². The van der Waals surface area contributed by atoms with E-state index in [1.807, 2.05) is 0 Å². The van der Waals surface area contributed by atoms with Crippen LogP contribution in [0.1, 0.15) is 19.0 Å². The summed E-state index contributed by atoms with van der Waals surface area (Å²) in [5, 5.41) is 3.28. The van der Waals surface area contributed by atoms with Crippen molar-refractivity contribution in [2.24, 2.45) is 0 Å². The first-order valence-electron chi connectivity index (χ1n) is 5.81. The van der Waals surface area contributed by atoms with Crippen molar-refractivity contribution >= 4 is 11.6 Å². The molecule has 18 heavy (non-hydrogen) atoms. The van der Waals surface area contributed by atoms with Gasteiger partial charge in [-0.2, -0.15) is 0 Å². The highest BCUT2D eigenvalue weighted by Crippen LogP contribution is 2.31. The first-order chi connectivity index (χ1) is 8.74. The molecule has 1 N–H and O–H groups in total. The molecule has 0 aliphatic heterocycles. The highest BCUT2D eigenvalue weighted by Gasteiger charge is 2.15. The Bertz CT molecular complexity index is 527. The summed E-state index contributed by atoms with van der Waals surface area (Å²) in [4.78, 5) is 4.12. The van der Waals surface area contributed by atoms with E-state index in [-0.39, 0.29) is 5.02 Å². The predicted molar refractivity (Wildman–Crippen MR) is 68.9 cm³/mol. The fourth-order valence-electron chi connectivity index (χ4n) is 1.68. The van der Waals surface area contributed by atoms with Gasteiger partial charge in [-0.3, -0.25) is 0 Å². The maximum atomic E-state index is 13.4. The molecule has 0 unspecified atom stereocenters. The first-order valence-corrected chi connectivity index (χ1v) is 6.19. The van der Waals surface area contributed by atoms with Gasteiger partial charge in [0.05, 0.1) is 5.02 Å². The zero-order chi connectivity index (χ0) is 13.0. The van der Waals surface area contributed by atoms with Gasteiger partial charge in [0.2, 0.25) is 0 Å². The van der Waals surface area contributed by atoms with Crippen molar-refractivity contribution in [1.82, 2.24) is 10.3 Å². The smallest absolute Gasteiger partial charge is 0.181 e. The van der Waals surface area contributed by atoms with Crippen molar-refractivity contribution in [2.45, 2.75) is 19.9 Å². The zero-order valence-corrected chi connectivity index (χ0v) is 10.8. The Hall–Kier alpha value is -1.39. The number of hydrogen-bond acceptors (Lipinski definition) is 3. The molecular formula is C13H14ClFN2O. The van der Waals surface area contributed by atoms with E-state index in [0.717, 1.165) is 18.7 Å². The summed E-state index contributed by atoms with van der Waals surface area (Å²) in [6.45, 7) is 3.55. The largest absolute Gasteiger partial charge is 0.443 e. The third kappa shape index (κ3) is 2.71. The quantitative estimate of drug-likeness (QED) is 0.842. The van der Waals surface area contributed by atoms with Crippen LogP contribution in [0.5, 0.6) is 0 Å². The fourth-order valence-corrected chi connectivity index (χ4v) is 1.89. The Balaban J connectivity index is 2.28. The lowest BCUT2D eigenvalue weighted by Gasteiger charge is -2.05. The predicted octanol–water partition coefficient (Wildman–Crippen LogP) is 3.63. The molecule has 0 spiro atoms. The second kappa shape index (κ2) is 5.98. The van der Waals surface area contributed by atoms with Crippen LogP contribution in [0, 0.1) is 5.82 Å². The van der Waals surface area contributed by atoms with E-state index in [1.54, 1.807) is 12.1 Å². The molecule has 0 saturated carbocycles. The maximum absolute atomic E-state index is 13.4. The average molecular weight is 269 g/mol. The number of rotatable bonds is 5. The Morgan fingerprint density at radius 1 is 1.44 bits per heavy atom. The van der Waals surface area contributed by atoms with Crippen LogP contribution in [0.25, 0.3) is 11.3 Å². The molecule has 2 rings (SSSR count). The van der Waals surface area contributed by atoms with Crippen LogP contribution in [0.3, 0.4) is 0 Å². The van der Waals surface area contributed by atoms with E-state index in [4.69, 9.17) is 16.0 Å². The third-order valence-corrected chi connectivity index (χ3v) is 2.94. The molecule has 0 aliphatic rings. The molecule has 5 heteroatoms. The summed E-state index contributed by atoms with van der Waals surface area (Å²) in [7, 11) is 0. The number of aromatic nitrogens is 1. The lowest BCUT2D eigenvalue weighted by molar-refractivity contribution is 0.567. The van der Waals surface area contributed by atoms with E-state index in [1.165, 1.54) is 12.5 Å². The van der Waals surface area contributed by atoms with Crippen LogP contribution < -0.4 is 5.32 Å². The van der Waals surface area contributed by atoms with E-state index >= 15 is 0 Å². The lowest BCUT2D eigenvalue weighted by Crippen LogP contribution is -2.14. The van der Waals surface area contributed by atoms with Gasteiger partial charge in [0.25, 0.3) is 0 Å². The standard InChI is InChI=1S/C13H14ClFN2O/c1-2-6-16-7-11-13(18-8-17-11)9-4-3-5-10(15)12(9)14/h3-5,8,16H,2,6-7H2,1H3. The summed E-state index contributed by atoms with van der Waals surface area (Å²) in [6.07, 6.45) is 2.38. The van der Waals surface area contributed by atoms with Crippen molar-refractivity contribution in [3.05, 3.63) is 41.1 Å². The van der Waals surface area contributed by atoms with Gasteiger partial charge >= 0.3 is 0 Å². The van der Waals surface area contributed by atoms with Crippen molar-refractivity contribution in [1.29, 1.82) is 0 Å². The minimum Gasteiger partial charge on any atom is -0.443 e. The molecule has 0 bridgehead atoms. The molecule has 0 aliphatic carbocycles. The van der Waals surface area contributed by atoms with E-state index in [2.05, 4.69) is 17.2 Å². The summed E-state index contributed by atoms with van der Waals surface area (Å²) in [5.41, 5.74) is 1.26. The van der Waals surface area contributed by atoms with Crippen molar-refractivity contribution < 1.29 is 8.81 Å². The minimum atomic E-state index is -0.460. The summed E-state index contributed by atoms with van der Waals surface area (Å²) < 4.78 is 18.7. The highest BCUT2D eigenvalue weighted by atomic mass is 35.5. The second-order valence-electron chi connectivity index (χ2n) is 3.91. The van der Waals surface area contributed by atoms with Gasteiger partial charge in [0.15, 0.2) is 12.2 Å². The molecule has 0 saturated heterocycles. The number of nitrogens with zero attached hydrogens (tertiary/aromatic N) is 1. The zero-order valence-electron chi connectivity index (χ0n) is 10.0. The van der Waals surface area contributed by atoms with Crippen LogP contribution in [0.2, 0.25) is 5.02 Å². The molecule has 0 amide bonds. The normalized spacial score (nSPS) is 10.8. The van der Waals surface area contributed by atoms with E-state index in [9.17, 15) is 4.39 Å². The molecule has 1 aromatic heterocycles. The van der Waals surface area contributed by atoms with Crippen molar-refractivity contribution in [2.75, 3.05) is 6.54 Å². The van der Waals surface area contributed by atoms with Crippen LogP contribution in [0.4, 0.5) is 4.39 Å². The van der Waals surface area contributed by atoms with Crippen molar-refractivity contribution in [3.8, 4) is 11.3 Å². The van der Waals surface area contributed by atoms with Crippen LogP contribution in [-0.4, -0.2) is 11.5 Å². The molecule has 2 aromatic rings. The van der Waals surface area contributed by atoms with Crippen LogP contribution in [-0.2, 0) is 6.54 Å². The van der Waals surface area contributed by atoms with Gasteiger partial charge in [-0.25, -0.2) is 9.37 Å². The van der Waals surface area contributed by atoms with Crippen LogP contribution >= 0.6 is 11.6 Å². The van der Waals surface area contributed by atoms with Crippen LogP contribution in [0.15, 0.2) is 29.0 Å². The summed E-state index contributed by atoms with van der Waals surface area (Å²) >= 11 is 5.93. The highest BCUT2D eigenvalue weighted by molar-refractivity contribution is 6.33. The molecule has 1 aromatic carbocycles. The number of benzene rings is 1. The molecular weight excluding hydrogens is 255 g/mol. The van der Waals surface area contributed by atoms with Gasteiger partial charge in [-0.05, 0) is 25.1 Å². The molecule has 1 heterocycles. The SMILES string of the molecule is CCCNCc1ncoc1-c1cccc(F)c1Cl. The van der Waals surface area contributed by atoms with E-state index < -0.39 is 5.82 Å². The molecule has 96 valence electrons. The average Bonchev–Trinajstić information content (AvgIpc) is 2.81. The number of nitrogens with one attached hydrogen (secondary N) is 1. The molecule has 0 atom stereocenters. The van der Waals surface area contributed by atoms with Gasteiger partial charge in [0.1, 0.15) is 11.5 Å². The summed E-state index contributed by atoms with van der Waals surface area (Å²) in [5.74, 6) is 0.0566. The van der Waals surface area contributed by atoms with Gasteiger partial charge < -0.3 is 9.73 Å². The van der Waals surface area contributed by atoms with Gasteiger partial charge in [0, 0.05) is 12.1 Å². The number of hydrogen-bond donors (Lipinski definition) is 1. The van der Waals surface area contributed by atoms with Gasteiger partial charge in [-0.15, -0.1) is 0 Å². The van der Waals surface area contributed by atoms with Gasteiger partial charge in [-0.1, -0.05) is 24.6 Å². The lowest BCUT2D eigenvalue weighted by atomic mass is 10.1. The molecule has 3 nitrogen and oxygen atoms in total. The number of halogens is 2. The Morgan fingerprint density at radius 2 is 2.28 bits per heavy atom. The topological polar surface area (TPSA) is 38.1 Å². The molecule has 0 fully saturated rings. The fraction of sp³-hybridized carbons (Fsp3) is 0.308. The molecule has 0 radical (unpaired) electrons. The minimum absolute atomic E-state index is 0.0611. The van der Waals surface area contributed by atoms with E-state index in [0.29, 0.717) is 17.9 Å². The third-order valence-electron chi connectivity index (χ3n) is 2.56. The monoisotopic (exact) mass is 268 g/mol. The maximum Gasteiger partial charge on any atom is 0.181 e. The summed E-state index contributed by atoms with van der Waals surface area (Å²) in [6, 6.07) is 4.63. The number of oxazole rings is 1. The second-order valence-corrected chi connectivity index (χ2v) is 4.28.